The molecule has 8 nitrogen and oxygen atoms in total. The number of rotatable bonds is 7. The molecule has 2 aromatic rings. The van der Waals surface area contributed by atoms with E-state index in [1.165, 1.54) is 28.3 Å². The highest BCUT2D eigenvalue weighted by molar-refractivity contribution is 6.19. The standard InChI is InChI=1S/C23H27N3O5/c1-15-6-9-17(10-7-15)24-14-23(20(27)25(2)22(29)26(3)21(23)28)13-16-8-11-18(30-4)19(12-16)31-5/h6-12,24H,13-14H2,1-5H3. The monoisotopic (exact) mass is 425 g/mol. The van der Waals surface area contributed by atoms with Crippen LogP contribution in [-0.4, -0.2) is 62.5 Å². The summed E-state index contributed by atoms with van der Waals surface area (Å²) in [5, 5.41) is 3.21. The molecule has 0 unspecified atom stereocenters. The molecule has 1 saturated heterocycles. The Kier molecular flexibility index (Phi) is 6.19. The summed E-state index contributed by atoms with van der Waals surface area (Å²) in [6.07, 6.45) is 0.0891. The molecule has 0 spiro atoms. The fraction of sp³-hybridized carbons (Fsp3) is 0.348. The number of ether oxygens (including phenoxy) is 2. The van der Waals surface area contributed by atoms with Crippen LogP contribution in [0.4, 0.5) is 10.5 Å². The number of carbonyl (C=O) groups excluding carboxylic acids is 3. The maximum absolute atomic E-state index is 13.3. The maximum Gasteiger partial charge on any atom is 0.332 e. The van der Waals surface area contributed by atoms with E-state index in [1.807, 2.05) is 31.2 Å². The predicted octanol–water partition coefficient (Wildman–Crippen LogP) is 2.70. The second kappa shape index (κ2) is 8.67. The van der Waals surface area contributed by atoms with E-state index in [9.17, 15) is 14.4 Å². The molecule has 0 aliphatic carbocycles. The molecule has 0 aromatic heterocycles. The number of hydrogen-bond acceptors (Lipinski definition) is 6. The fourth-order valence-electron chi connectivity index (χ4n) is 3.76. The molecule has 8 heteroatoms. The van der Waals surface area contributed by atoms with Crippen molar-refractivity contribution in [3.63, 3.8) is 0 Å². The molecular weight excluding hydrogens is 398 g/mol. The Morgan fingerprint density at radius 1 is 0.871 bits per heavy atom. The molecule has 1 N–H and O–H groups in total. The van der Waals surface area contributed by atoms with Crippen LogP contribution in [0.1, 0.15) is 11.1 Å². The van der Waals surface area contributed by atoms with E-state index >= 15 is 0 Å². The van der Waals surface area contributed by atoms with Crippen molar-refractivity contribution in [2.24, 2.45) is 5.41 Å². The number of urea groups is 1. The molecule has 2 aromatic carbocycles. The van der Waals surface area contributed by atoms with Gasteiger partial charge >= 0.3 is 6.03 Å². The van der Waals surface area contributed by atoms with Gasteiger partial charge in [-0.05, 0) is 43.2 Å². The molecule has 4 amide bonds. The van der Waals surface area contributed by atoms with E-state index in [2.05, 4.69) is 5.32 Å². The van der Waals surface area contributed by atoms with Crippen LogP contribution in [0.2, 0.25) is 0 Å². The third-order valence-corrected chi connectivity index (χ3v) is 5.60. The maximum atomic E-state index is 13.3. The summed E-state index contributed by atoms with van der Waals surface area (Å²) >= 11 is 0. The van der Waals surface area contributed by atoms with E-state index in [0.717, 1.165) is 21.1 Å². The molecule has 3 rings (SSSR count). The van der Waals surface area contributed by atoms with Crippen molar-refractivity contribution >= 4 is 23.5 Å². The summed E-state index contributed by atoms with van der Waals surface area (Å²) in [5.74, 6) is -0.0519. The van der Waals surface area contributed by atoms with Crippen LogP contribution in [-0.2, 0) is 16.0 Å². The van der Waals surface area contributed by atoms with Gasteiger partial charge in [0.15, 0.2) is 11.5 Å². The number of imide groups is 2. The van der Waals surface area contributed by atoms with Crippen molar-refractivity contribution in [2.75, 3.05) is 40.2 Å². The van der Waals surface area contributed by atoms with Gasteiger partial charge in [-0.1, -0.05) is 23.8 Å². The third kappa shape index (κ3) is 4.05. The second-order valence-corrected chi connectivity index (χ2v) is 7.68. The average Bonchev–Trinajstić information content (AvgIpc) is 2.79. The molecule has 0 radical (unpaired) electrons. The lowest BCUT2D eigenvalue weighted by Gasteiger charge is -2.42. The number of anilines is 1. The van der Waals surface area contributed by atoms with E-state index in [1.54, 1.807) is 18.2 Å². The smallest absolute Gasteiger partial charge is 0.332 e. The molecule has 1 aliphatic rings. The number of aryl methyl sites for hydroxylation is 1. The van der Waals surface area contributed by atoms with Crippen molar-refractivity contribution in [1.29, 1.82) is 0 Å². The highest BCUT2D eigenvalue weighted by atomic mass is 16.5. The van der Waals surface area contributed by atoms with E-state index in [4.69, 9.17) is 9.47 Å². The number of hydrogen-bond donors (Lipinski definition) is 1. The molecule has 164 valence electrons. The molecule has 0 saturated carbocycles. The Morgan fingerprint density at radius 2 is 1.45 bits per heavy atom. The van der Waals surface area contributed by atoms with Gasteiger partial charge in [0.2, 0.25) is 11.8 Å². The van der Waals surface area contributed by atoms with Gasteiger partial charge in [0.05, 0.1) is 14.2 Å². The molecule has 31 heavy (non-hydrogen) atoms. The SMILES string of the molecule is COc1ccc(CC2(CNc3ccc(C)cc3)C(=O)N(C)C(=O)N(C)C2=O)cc1OC. The minimum absolute atomic E-state index is 0.0318. The van der Waals surface area contributed by atoms with Gasteiger partial charge < -0.3 is 14.8 Å². The molecule has 1 heterocycles. The minimum atomic E-state index is -1.50. The average molecular weight is 425 g/mol. The molecule has 1 fully saturated rings. The Hall–Kier alpha value is -3.55. The van der Waals surface area contributed by atoms with E-state index in [0.29, 0.717) is 17.1 Å². The number of benzene rings is 2. The molecular formula is C23H27N3O5. The lowest BCUT2D eigenvalue weighted by molar-refractivity contribution is -0.156. The van der Waals surface area contributed by atoms with Crippen LogP contribution in [0.3, 0.4) is 0 Å². The van der Waals surface area contributed by atoms with E-state index < -0.39 is 23.3 Å². The number of barbiturate groups is 1. The van der Waals surface area contributed by atoms with Crippen molar-refractivity contribution in [1.82, 2.24) is 9.80 Å². The number of nitrogens with zero attached hydrogens (tertiary/aromatic N) is 2. The Bertz CT molecular complexity index is 979. The van der Waals surface area contributed by atoms with Crippen LogP contribution in [0, 0.1) is 12.3 Å². The van der Waals surface area contributed by atoms with Gasteiger partial charge in [-0.3, -0.25) is 19.4 Å². The highest BCUT2D eigenvalue weighted by Gasteiger charge is 2.55. The van der Waals surface area contributed by atoms with Crippen molar-refractivity contribution in [3.05, 3.63) is 53.6 Å². The van der Waals surface area contributed by atoms with Gasteiger partial charge in [-0.2, -0.15) is 0 Å². The number of methoxy groups -OCH3 is 2. The van der Waals surface area contributed by atoms with Gasteiger partial charge in [0.1, 0.15) is 5.41 Å². The van der Waals surface area contributed by atoms with Crippen LogP contribution < -0.4 is 14.8 Å². The Morgan fingerprint density at radius 3 is 2.00 bits per heavy atom. The number of amides is 4. The quantitative estimate of drug-likeness (QED) is 0.687. The van der Waals surface area contributed by atoms with Crippen molar-refractivity contribution < 1.29 is 23.9 Å². The molecule has 1 aliphatic heterocycles. The summed E-state index contributed by atoms with van der Waals surface area (Å²) < 4.78 is 10.6. The fourth-order valence-corrected chi connectivity index (χ4v) is 3.76. The molecule has 0 bridgehead atoms. The van der Waals surface area contributed by atoms with Gasteiger partial charge in [0.25, 0.3) is 0 Å². The van der Waals surface area contributed by atoms with Crippen LogP contribution in [0.5, 0.6) is 11.5 Å². The van der Waals surface area contributed by atoms with Crippen molar-refractivity contribution in [2.45, 2.75) is 13.3 Å². The zero-order valence-electron chi connectivity index (χ0n) is 18.4. The van der Waals surface area contributed by atoms with Crippen LogP contribution in [0.25, 0.3) is 0 Å². The van der Waals surface area contributed by atoms with E-state index in [-0.39, 0.29) is 13.0 Å². The second-order valence-electron chi connectivity index (χ2n) is 7.68. The zero-order chi connectivity index (χ0) is 22.8. The summed E-state index contributed by atoms with van der Waals surface area (Å²) in [5.41, 5.74) is 1.09. The van der Waals surface area contributed by atoms with Crippen LogP contribution in [0.15, 0.2) is 42.5 Å². The lowest BCUT2D eigenvalue weighted by atomic mass is 9.77. The first kappa shape index (κ1) is 22.1. The zero-order valence-corrected chi connectivity index (χ0v) is 18.4. The Labute approximate surface area is 181 Å². The topological polar surface area (TPSA) is 88.2 Å². The summed E-state index contributed by atoms with van der Waals surface area (Å²) in [6.45, 7) is 2.01. The molecule has 0 atom stereocenters. The number of carbonyl (C=O) groups is 3. The predicted molar refractivity (Wildman–Crippen MR) is 116 cm³/mol. The minimum Gasteiger partial charge on any atom is -0.493 e. The van der Waals surface area contributed by atoms with Gasteiger partial charge in [-0.25, -0.2) is 4.79 Å². The normalized spacial score (nSPS) is 15.8. The summed E-state index contributed by atoms with van der Waals surface area (Å²) in [4.78, 5) is 41.0. The Balaban J connectivity index is 2.01. The third-order valence-electron chi connectivity index (χ3n) is 5.60. The van der Waals surface area contributed by atoms with Crippen LogP contribution >= 0.6 is 0 Å². The first-order valence-corrected chi connectivity index (χ1v) is 9.85. The summed E-state index contributed by atoms with van der Waals surface area (Å²) in [7, 11) is 5.84. The lowest BCUT2D eigenvalue weighted by Crippen LogP contribution is -2.65. The largest absolute Gasteiger partial charge is 0.493 e. The highest BCUT2D eigenvalue weighted by Crippen LogP contribution is 2.36. The summed E-state index contributed by atoms with van der Waals surface area (Å²) in [6, 6.07) is 12.3. The van der Waals surface area contributed by atoms with Gasteiger partial charge in [0, 0.05) is 26.3 Å². The number of nitrogens with one attached hydrogen (secondary N) is 1. The first-order valence-electron chi connectivity index (χ1n) is 9.85. The first-order chi connectivity index (χ1) is 14.7. The van der Waals surface area contributed by atoms with Gasteiger partial charge in [-0.15, -0.1) is 0 Å². The van der Waals surface area contributed by atoms with Crippen molar-refractivity contribution in [3.8, 4) is 11.5 Å².